The Morgan fingerprint density at radius 3 is 2.53 bits per heavy atom. The number of anilines is 1. The van der Waals surface area contributed by atoms with Crippen molar-refractivity contribution in [1.82, 2.24) is 4.98 Å². The summed E-state index contributed by atoms with van der Waals surface area (Å²) in [6.45, 7) is 1.68. The number of nitro groups is 1. The number of thioether (sulfide) groups is 1. The maximum absolute atomic E-state index is 14.0. The molecule has 4 aliphatic rings. The topological polar surface area (TPSA) is 149 Å². The summed E-state index contributed by atoms with van der Waals surface area (Å²) in [5.74, 6) is -2.25. The summed E-state index contributed by atoms with van der Waals surface area (Å²) >= 11 is 6.27. The highest BCUT2D eigenvalue weighted by atomic mass is 79.9. The molecule has 2 aliphatic carbocycles. The van der Waals surface area contributed by atoms with Crippen LogP contribution in [-0.2, 0) is 19.1 Å². The number of aromatic nitrogens is 1. The van der Waals surface area contributed by atoms with Crippen molar-refractivity contribution < 1.29 is 28.8 Å². The van der Waals surface area contributed by atoms with Crippen molar-refractivity contribution in [3.63, 3.8) is 0 Å². The second-order valence-corrected chi connectivity index (χ2v) is 14.1. The molecule has 1 saturated heterocycles. The van der Waals surface area contributed by atoms with E-state index in [1.165, 1.54) is 29.2 Å². The van der Waals surface area contributed by atoms with E-state index >= 15 is 0 Å². The number of aromatic amines is 1. The zero-order valence-electron chi connectivity index (χ0n) is 22.6. The average Bonchev–Trinajstić information content (AvgIpc) is 3.71. The number of nitrogens with one attached hydrogen (secondary N) is 1. The van der Waals surface area contributed by atoms with Crippen LogP contribution in [0, 0.1) is 39.7 Å². The maximum atomic E-state index is 14.0. The summed E-state index contributed by atoms with van der Waals surface area (Å²) in [6.07, 6.45) is 0.700. The molecule has 7 atom stereocenters. The van der Waals surface area contributed by atoms with Gasteiger partial charge >= 0.3 is 10.8 Å². The van der Waals surface area contributed by atoms with Crippen LogP contribution in [0.3, 0.4) is 0 Å². The third-order valence-electron chi connectivity index (χ3n) is 9.00. The van der Waals surface area contributed by atoms with E-state index in [4.69, 9.17) is 9.47 Å². The van der Waals surface area contributed by atoms with Gasteiger partial charge in [0.1, 0.15) is 5.75 Å². The number of benzene rings is 2. The van der Waals surface area contributed by atoms with Gasteiger partial charge in [-0.05, 0) is 61.4 Å². The highest BCUT2D eigenvalue weighted by Crippen LogP contribution is 2.69. The van der Waals surface area contributed by atoms with Crippen LogP contribution in [0.2, 0.25) is 0 Å². The van der Waals surface area contributed by atoms with E-state index in [0.717, 1.165) is 31.3 Å². The smallest absolute Gasteiger partial charge is 0.344 e. The summed E-state index contributed by atoms with van der Waals surface area (Å²) in [6, 6.07) is 11.0. The third kappa shape index (κ3) is 4.44. The van der Waals surface area contributed by atoms with Crippen molar-refractivity contribution in [2.45, 2.75) is 29.5 Å². The van der Waals surface area contributed by atoms with Crippen LogP contribution >= 0.6 is 39.0 Å². The van der Waals surface area contributed by atoms with Gasteiger partial charge in [-0.3, -0.25) is 29.4 Å². The number of fused-ring (bicyclic) bond motifs is 9. The zero-order valence-corrected chi connectivity index (χ0v) is 25.8. The molecule has 0 radical (unpaired) electrons. The average molecular weight is 687 g/mol. The number of carbonyl (C=O) groups is 3. The van der Waals surface area contributed by atoms with Crippen LogP contribution < -0.4 is 14.5 Å². The van der Waals surface area contributed by atoms with Crippen molar-refractivity contribution >= 4 is 68.2 Å². The van der Waals surface area contributed by atoms with Crippen molar-refractivity contribution in [2.75, 3.05) is 18.1 Å². The monoisotopic (exact) mass is 685 g/mol. The van der Waals surface area contributed by atoms with E-state index in [0.29, 0.717) is 17.9 Å². The molecule has 3 aromatic rings. The van der Waals surface area contributed by atoms with E-state index in [-0.39, 0.29) is 64.5 Å². The number of H-pyrrole nitrogens is 1. The molecule has 3 heterocycles. The molecule has 11 nitrogen and oxygen atoms in total. The van der Waals surface area contributed by atoms with Crippen LogP contribution in [-0.4, -0.2) is 46.2 Å². The Kier molecular flexibility index (Phi) is 6.97. The van der Waals surface area contributed by atoms with Crippen molar-refractivity contribution in [3.05, 3.63) is 77.2 Å². The first-order valence-electron chi connectivity index (χ1n) is 13.8. The molecule has 2 amide bonds. The van der Waals surface area contributed by atoms with Gasteiger partial charge in [-0.15, -0.1) is 11.8 Å². The number of ether oxygens (including phenoxy) is 2. The molecule has 222 valence electrons. The van der Waals surface area contributed by atoms with Crippen LogP contribution in [0.25, 0.3) is 0 Å². The number of amides is 2. The Labute approximate surface area is 261 Å². The van der Waals surface area contributed by atoms with Gasteiger partial charge in [0.2, 0.25) is 11.8 Å². The van der Waals surface area contributed by atoms with Gasteiger partial charge in [0, 0.05) is 38.2 Å². The van der Waals surface area contributed by atoms with E-state index in [1.54, 1.807) is 24.8 Å². The number of rotatable bonds is 7. The fraction of sp³-hybridized carbons (Fsp3) is 0.379. The predicted octanol–water partition coefficient (Wildman–Crippen LogP) is 4.73. The quantitative estimate of drug-likeness (QED) is 0.161. The molecule has 2 aliphatic heterocycles. The van der Waals surface area contributed by atoms with E-state index < -0.39 is 22.7 Å². The number of nitrogens with zero attached hydrogens (tertiary/aromatic N) is 2. The van der Waals surface area contributed by atoms with Gasteiger partial charge in [0.05, 0.1) is 34.1 Å². The molecular weight excluding hydrogens is 662 g/mol. The number of esters is 1. The van der Waals surface area contributed by atoms with Crippen LogP contribution in [0.15, 0.2) is 56.8 Å². The van der Waals surface area contributed by atoms with E-state index in [1.807, 2.05) is 12.1 Å². The summed E-state index contributed by atoms with van der Waals surface area (Å²) in [5.41, 5.74) is 0.994. The first kappa shape index (κ1) is 28.3. The zero-order chi connectivity index (χ0) is 30.2. The fourth-order valence-corrected chi connectivity index (χ4v) is 10.8. The minimum Gasteiger partial charge on any atom is -0.482 e. The standard InChI is InChI=1S/C29H24BrN3O8S2/c1-2-40-19(34)11-41-18-8-3-12(30)9-15(18)20-21-16-10-17(24(21)42-26-25(20)43-29(37)31-26)23-22(16)27(35)32(28(23)36)13-4-6-14(7-5-13)33(38)39/h3-9,16-17,20-24H,2,10-11H2,1H3,(H,31,37)/t16-,17-,20+,21-,22+,23+,24-/m1/s1. The molecule has 0 unspecified atom stereocenters. The van der Waals surface area contributed by atoms with Crippen LogP contribution in [0.5, 0.6) is 5.75 Å². The van der Waals surface area contributed by atoms with Gasteiger partial charge in [0.25, 0.3) is 5.69 Å². The minimum absolute atomic E-state index is 0.0422. The number of imide groups is 1. The van der Waals surface area contributed by atoms with E-state index in [9.17, 15) is 29.3 Å². The second kappa shape index (κ2) is 10.6. The highest BCUT2D eigenvalue weighted by Gasteiger charge is 2.69. The molecule has 0 spiro atoms. The van der Waals surface area contributed by atoms with Gasteiger partial charge < -0.3 is 14.5 Å². The molecule has 43 heavy (non-hydrogen) atoms. The summed E-state index contributed by atoms with van der Waals surface area (Å²) < 4.78 is 11.8. The number of hydrogen-bond donors (Lipinski definition) is 1. The lowest BCUT2D eigenvalue weighted by Crippen LogP contribution is -2.42. The molecule has 2 bridgehead atoms. The Hall–Kier alpha value is -3.49. The Balaban J connectivity index is 1.28. The molecule has 3 fully saturated rings. The lowest BCUT2D eigenvalue weighted by molar-refractivity contribution is -0.384. The van der Waals surface area contributed by atoms with Gasteiger partial charge in [-0.2, -0.15) is 0 Å². The first-order valence-corrected chi connectivity index (χ1v) is 16.3. The molecule has 1 aromatic heterocycles. The highest BCUT2D eigenvalue weighted by molar-refractivity contribution is 9.10. The Morgan fingerprint density at radius 2 is 1.84 bits per heavy atom. The predicted molar refractivity (Wildman–Crippen MR) is 160 cm³/mol. The van der Waals surface area contributed by atoms with Gasteiger partial charge in [-0.1, -0.05) is 27.3 Å². The Morgan fingerprint density at radius 1 is 1.12 bits per heavy atom. The fourth-order valence-electron chi connectivity index (χ4n) is 7.58. The molecule has 7 rings (SSSR count). The second-order valence-electron chi connectivity index (χ2n) is 11.0. The van der Waals surface area contributed by atoms with Gasteiger partial charge in [0.15, 0.2) is 6.61 Å². The molecular formula is C29H24BrN3O8S2. The maximum Gasteiger partial charge on any atom is 0.344 e. The third-order valence-corrected chi connectivity index (χ3v) is 12.1. The SMILES string of the molecule is CCOC(=O)COc1ccc(Br)cc1[C@@H]1c2sc(=O)[nH]c2S[C@@H]2[C@@H]3C[C@@H]([C@@H]4C(=O)N(c5ccc([N+](=O)[O-])cc5)C(=O)[C@@H]34)[C@H]12. The number of thiazole rings is 1. The lowest BCUT2D eigenvalue weighted by atomic mass is 9.68. The molecule has 2 aromatic carbocycles. The molecule has 2 saturated carbocycles. The lowest BCUT2D eigenvalue weighted by Gasteiger charge is -2.43. The molecule has 14 heteroatoms. The van der Waals surface area contributed by atoms with Crippen molar-refractivity contribution in [3.8, 4) is 5.75 Å². The summed E-state index contributed by atoms with van der Waals surface area (Å²) in [7, 11) is 0. The number of halogens is 1. The number of hydrogen-bond acceptors (Lipinski definition) is 10. The van der Waals surface area contributed by atoms with Crippen molar-refractivity contribution in [2.24, 2.45) is 29.6 Å². The largest absolute Gasteiger partial charge is 0.482 e. The normalized spacial score (nSPS) is 28.4. The summed E-state index contributed by atoms with van der Waals surface area (Å²) in [4.78, 5) is 68.0. The minimum atomic E-state index is -0.537. The van der Waals surface area contributed by atoms with E-state index in [2.05, 4.69) is 20.9 Å². The van der Waals surface area contributed by atoms with Gasteiger partial charge in [-0.25, -0.2) is 4.79 Å². The number of non-ortho nitro benzene ring substituents is 1. The number of carbonyl (C=O) groups excluding carboxylic acids is 3. The number of nitro benzene ring substituents is 1. The van der Waals surface area contributed by atoms with Crippen molar-refractivity contribution in [1.29, 1.82) is 0 Å². The Bertz CT molecular complexity index is 1740. The summed E-state index contributed by atoms with van der Waals surface area (Å²) in [5, 5.41) is 11.9. The van der Waals surface area contributed by atoms with Crippen LogP contribution in [0.1, 0.15) is 29.7 Å². The first-order chi connectivity index (χ1) is 20.7. The molecule has 1 N–H and O–H groups in total. The van der Waals surface area contributed by atoms with Crippen LogP contribution in [0.4, 0.5) is 11.4 Å².